The lowest BCUT2D eigenvalue weighted by molar-refractivity contribution is -0.136. The number of rotatable bonds is 13. The van der Waals surface area contributed by atoms with Crippen LogP contribution in [-0.4, -0.2) is 77.7 Å². The second kappa shape index (κ2) is 15.6. The summed E-state index contributed by atoms with van der Waals surface area (Å²) in [7, 11) is -3.74. The first kappa shape index (κ1) is 38.3. The van der Waals surface area contributed by atoms with E-state index < -0.39 is 32.3 Å². The van der Waals surface area contributed by atoms with E-state index in [1.807, 2.05) is 63.2 Å². The highest BCUT2D eigenvalue weighted by atomic mass is 35.5. The molecule has 0 bridgehead atoms. The van der Waals surface area contributed by atoms with Gasteiger partial charge in [-0.1, -0.05) is 79.4 Å². The van der Waals surface area contributed by atoms with Crippen molar-refractivity contribution in [1.82, 2.24) is 20.9 Å². The largest absolute Gasteiger partial charge is 0.371 e. The van der Waals surface area contributed by atoms with Gasteiger partial charge in [0.2, 0.25) is 11.8 Å². The van der Waals surface area contributed by atoms with Crippen molar-refractivity contribution in [1.29, 1.82) is 0 Å². The maximum absolute atomic E-state index is 14.2. The van der Waals surface area contributed by atoms with Crippen LogP contribution in [0.1, 0.15) is 84.3 Å². The van der Waals surface area contributed by atoms with Crippen LogP contribution in [0.25, 0.3) is 0 Å². The third-order valence-corrected chi connectivity index (χ3v) is 12.7. The molecule has 0 radical (unpaired) electrons. The fourth-order valence-electron chi connectivity index (χ4n) is 7.15. The van der Waals surface area contributed by atoms with Crippen LogP contribution < -0.4 is 16.0 Å². The summed E-state index contributed by atoms with van der Waals surface area (Å²) in [5.74, 6) is 0.338. The van der Waals surface area contributed by atoms with Gasteiger partial charge < -0.3 is 21.1 Å². The van der Waals surface area contributed by atoms with Crippen molar-refractivity contribution in [3.05, 3.63) is 70.7 Å². The minimum absolute atomic E-state index is 0.0131. The Morgan fingerprint density at radius 2 is 1.58 bits per heavy atom. The second-order valence-corrected chi connectivity index (χ2v) is 18.5. The van der Waals surface area contributed by atoms with E-state index in [0.717, 1.165) is 37.6 Å². The molecule has 48 heavy (non-hydrogen) atoms. The number of aliphatic hydroxyl groups is 1. The molecule has 1 aliphatic heterocycles. The van der Waals surface area contributed by atoms with Gasteiger partial charge in [0.25, 0.3) is 0 Å². The van der Waals surface area contributed by atoms with Crippen molar-refractivity contribution >= 4 is 33.3 Å². The Balaban J connectivity index is 1.61. The summed E-state index contributed by atoms with van der Waals surface area (Å²) in [6.07, 6.45) is 6.75. The maximum atomic E-state index is 14.2. The Bertz CT molecular complexity index is 1510. The van der Waals surface area contributed by atoms with Crippen molar-refractivity contribution < 1.29 is 23.1 Å². The number of halogens is 1. The highest BCUT2D eigenvalue weighted by molar-refractivity contribution is 7.92. The van der Waals surface area contributed by atoms with Gasteiger partial charge in [-0.2, -0.15) is 0 Å². The molecule has 2 fully saturated rings. The fraction of sp³-hybridized carbons (Fsp3) is 0.622. The van der Waals surface area contributed by atoms with Crippen molar-refractivity contribution in [2.24, 2.45) is 11.8 Å². The van der Waals surface area contributed by atoms with Gasteiger partial charge in [-0.05, 0) is 76.5 Å². The SMILES string of the molecule is CC(C)(C)NC(=O)C1C[C@@H]2CCCC[C@@H]2CN1CC[C@@](O)(Cc1ccccc1)NC(=O)[C@@H](NCc1ccccc1Cl)C(C)(C)S(C)(=O)=O. The number of amides is 2. The number of piperidine rings is 1. The Morgan fingerprint density at radius 1 is 0.958 bits per heavy atom. The summed E-state index contributed by atoms with van der Waals surface area (Å²) >= 11 is 6.38. The van der Waals surface area contributed by atoms with Crippen LogP contribution in [-0.2, 0) is 32.4 Å². The Morgan fingerprint density at radius 3 is 2.21 bits per heavy atom. The lowest BCUT2D eigenvalue weighted by atomic mass is 9.72. The highest BCUT2D eigenvalue weighted by Crippen LogP contribution is 2.39. The first-order valence-corrected chi connectivity index (χ1v) is 19.5. The molecular weight excluding hydrogens is 648 g/mol. The molecule has 1 saturated carbocycles. The summed E-state index contributed by atoms with van der Waals surface area (Å²) in [6, 6.07) is 15.0. The number of fused-ring (bicyclic) bond motifs is 1. The zero-order valence-electron chi connectivity index (χ0n) is 29.4. The van der Waals surface area contributed by atoms with Gasteiger partial charge in [-0.3, -0.25) is 14.5 Å². The van der Waals surface area contributed by atoms with Crippen LogP contribution in [0.2, 0.25) is 5.02 Å². The van der Waals surface area contributed by atoms with Crippen LogP contribution in [0.15, 0.2) is 54.6 Å². The molecule has 2 aromatic carbocycles. The molecule has 0 aromatic heterocycles. The number of nitrogens with zero attached hydrogens (tertiary/aromatic N) is 1. The molecule has 2 amide bonds. The average molecular weight is 703 g/mol. The minimum Gasteiger partial charge on any atom is -0.371 e. The van der Waals surface area contributed by atoms with E-state index in [1.54, 1.807) is 12.1 Å². The standard InChI is InChI=1S/C37H55ClN4O5S/c1-35(2,3)40-33(43)31-22-27-16-10-11-18-29(27)25-42(31)21-20-37(45,23-26-14-8-7-9-15-26)41-34(44)32(36(4,5)48(6,46)47)39-24-28-17-12-13-19-30(28)38/h7-9,12-15,17,19,27,29,31-32,39,45H,10-11,16,18,20-25H2,1-6H3,(H,40,43)(H,41,44)/t27-,29+,31?,32+,37+/m0/s1. The van der Waals surface area contributed by atoms with Crippen molar-refractivity contribution in [2.45, 2.75) is 114 Å². The number of likely N-dealkylation sites (tertiary alicyclic amines) is 1. The van der Waals surface area contributed by atoms with E-state index in [4.69, 9.17) is 11.6 Å². The average Bonchev–Trinajstić information content (AvgIpc) is 2.99. The molecule has 1 aliphatic carbocycles. The van der Waals surface area contributed by atoms with Crippen molar-refractivity contribution in [3.63, 3.8) is 0 Å². The van der Waals surface area contributed by atoms with Crippen LogP contribution >= 0.6 is 11.6 Å². The Hall–Kier alpha value is -2.50. The van der Waals surface area contributed by atoms with E-state index in [9.17, 15) is 23.1 Å². The number of benzene rings is 2. The predicted molar refractivity (Wildman–Crippen MR) is 192 cm³/mol. The van der Waals surface area contributed by atoms with Crippen LogP contribution in [0.3, 0.4) is 0 Å². The molecule has 11 heteroatoms. The van der Waals surface area contributed by atoms with Crippen LogP contribution in [0.5, 0.6) is 0 Å². The summed E-state index contributed by atoms with van der Waals surface area (Å²) in [4.78, 5) is 30.0. The molecule has 9 nitrogen and oxygen atoms in total. The Labute approximate surface area is 292 Å². The molecule has 0 spiro atoms. The van der Waals surface area contributed by atoms with E-state index in [-0.39, 0.29) is 36.9 Å². The van der Waals surface area contributed by atoms with Gasteiger partial charge in [-0.15, -0.1) is 0 Å². The van der Waals surface area contributed by atoms with E-state index in [2.05, 4.69) is 20.9 Å². The maximum Gasteiger partial charge on any atom is 0.240 e. The lowest BCUT2D eigenvalue weighted by Gasteiger charge is -2.47. The summed E-state index contributed by atoms with van der Waals surface area (Å²) in [5, 5.41) is 22.0. The zero-order valence-corrected chi connectivity index (χ0v) is 31.0. The first-order chi connectivity index (χ1) is 22.4. The first-order valence-electron chi connectivity index (χ1n) is 17.2. The van der Waals surface area contributed by atoms with Gasteiger partial charge in [0.1, 0.15) is 11.8 Å². The molecule has 4 N–H and O–H groups in total. The van der Waals surface area contributed by atoms with Crippen LogP contribution in [0, 0.1) is 11.8 Å². The third-order valence-electron chi connectivity index (χ3n) is 10.2. The topological polar surface area (TPSA) is 128 Å². The molecule has 1 heterocycles. The number of sulfone groups is 1. The predicted octanol–water partition coefficient (Wildman–Crippen LogP) is 4.85. The quantitative estimate of drug-likeness (QED) is 0.220. The Kier molecular flexibility index (Phi) is 12.4. The molecule has 4 rings (SSSR count). The van der Waals surface area contributed by atoms with Gasteiger partial charge in [0, 0.05) is 49.3 Å². The molecule has 1 unspecified atom stereocenters. The minimum atomic E-state index is -3.74. The van der Waals surface area contributed by atoms with E-state index >= 15 is 0 Å². The number of carbonyl (C=O) groups is 2. The molecule has 2 aliphatic rings. The lowest BCUT2D eigenvalue weighted by Crippen LogP contribution is -2.64. The molecule has 2 aromatic rings. The molecular formula is C37H55ClN4O5S. The smallest absolute Gasteiger partial charge is 0.240 e. The van der Waals surface area contributed by atoms with Gasteiger partial charge >= 0.3 is 0 Å². The third kappa shape index (κ3) is 10.0. The summed E-state index contributed by atoms with van der Waals surface area (Å²) in [5.41, 5.74) is -0.583. The van der Waals surface area contributed by atoms with Crippen molar-refractivity contribution in [3.8, 4) is 0 Å². The van der Waals surface area contributed by atoms with E-state index in [1.165, 1.54) is 26.7 Å². The highest BCUT2D eigenvalue weighted by Gasteiger charge is 2.46. The molecule has 266 valence electrons. The normalized spacial score (nSPS) is 22.6. The summed E-state index contributed by atoms with van der Waals surface area (Å²) in [6.45, 7) is 10.2. The number of hydrogen-bond acceptors (Lipinski definition) is 7. The van der Waals surface area contributed by atoms with Crippen LogP contribution in [0.4, 0.5) is 0 Å². The van der Waals surface area contributed by atoms with E-state index in [0.29, 0.717) is 29.0 Å². The molecule has 5 atom stereocenters. The zero-order chi connectivity index (χ0) is 35.3. The monoisotopic (exact) mass is 702 g/mol. The molecule has 1 saturated heterocycles. The van der Waals surface area contributed by atoms with Gasteiger partial charge in [0.05, 0.1) is 10.8 Å². The van der Waals surface area contributed by atoms with Crippen molar-refractivity contribution in [2.75, 3.05) is 19.3 Å². The summed E-state index contributed by atoms with van der Waals surface area (Å²) < 4.78 is 24.5. The van der Waals surface area contributed by atoms with Gasteiger partial charge in [0.15, 0.2) is 9.84 Å². The number of nitrogens with one attached hydrogen (secondary N) is 3. The fourth-order valence-corrected chi connectivity index (χ4v) is 7.97. The number of carbonyl (C=O) groups excluding carboxylic acids is 2. The second-order valence-electron chi connectivity index (χ2n) is 15.5. The van der Waals surface area contributed by atoms with Gasteiger partial charge in [-0.25, -0.2) is 8.42 Å². The number of hydrogen-bond donors (Lipinski definition) is 4.